The molecule has 2 rings (SSSR count). The van der Waals surface area contributed by atoms with Gasteiger partial charge in [-0.1, -0.05) is 26.0 Å². The minimum atomic E-state index is -0.132. The highest BCUT2D eigenvalue weighted by atomic mass is 16.5. The zero-order chi connectivity index (χ0) is 16.7. The lowest BCUT2D eigenvalue weighted by Crippen LogP contribution is -2.16. The second kappa shape index (κ2) is 8.12. The van der Waals surface area contributed by atoms with Crippen molar-refractivity contribution in [2.75, 3.05) is 24.3 Å². The van der Waals surface area contributed by atoms with Gasteiger partial charge in [0.25, 0.3) is 0 Å². The number of carbonyl (C=O) groups is 1. The van der Waals surface area contributed by atoms with E-state index in [1.165, 1.54) is 0 Å². The van der Waals surface area contributed by atoms with Crippen LogP contribution >= 0.6 is 0 Å². The molecule has 0 spiro atoms. The molecule has 6 heteroatoms. The average Bonchev–Trinajstić information content (AvgIpc) is 2.55. The summed E-state index contributed by atoms with van der Waals surface area (Å²) in [6.07, 6.45) is 0.277. The molecule has 1 amide bonds. The molecule has 0 saturated heterocycles. The Morgan fingerprint density at radius 2 is 1.74 bits per heavy atom. The maximum Gasteiger partial charge on any atom is 0.229 e. The largest absolute Gasteiger partial charge is 0.497 e. The van der Waals surface area contributed by atoms with Crippen molar-refractivity contribution in [1.29, 1.82) is 0 Å². The number of benzene rings is 1. The topological polar surface area (TPSA) is 76.1 Å². The number of methoxy groups -OCH3 is 1. The van der Waals surface area contributed by atoms with E-state index in [1.54, 1.807) is 19.2 Å². The van der Waals surface area contributed by atoms with Crippen molar-refractivity contribution in [2.24, 2.45) is 5.92 Å². The van der Waals surface area contributed by atoms with Crippen LogP contribution in [0.25, 0.3) is 0 Å². The van der Waals surface area contributed by atoms with E-state index in [-0.39, 0.29) is 12.3 Å². The van der Waals surface area contributed by atoms with Gasteiger partial charge >= 0.3 is 0 Å². The normalized spacial score (nSPS) is 10.4. The van der Waals surface area contributed by atoms with Gasteiger partial charge in [-0.3, -0.25) is 4.79 Å². The van der Waals surface area contributed by atoms with E-state index in [0.717, 1.165) is 17.9 Å². The van der Waals surface area contributed by atoms with E-state index in [0.29, 0.717) is 17.6 Å². The first-order chi connectivity index (χ1) is 11.1. The first-order valence-corrected chi connectivity index (χ1v) is 7.57. The molecule has 1 aromatic carbocycles. The predicted molar refractivity (Wildman–Crippen MR) is 90.7 cm³/mol. The molecule has 122 valence electrons. The Morgan fingerprint density at radius 1 is 1.09 bits per heavy atom. The molecule has 6 nitrogen and oxygen atoms in total. The van der Waals surface area contributed by atoms with Crippen LogP contribution in [0.1, 0.15) is 19.4 Å². The molecular weight excluding hydrogens is 292 g/mol. The molecule has 0 unspecified atom stereocenters. The standard InChI is InChI=1S/C17H22N4O2/c1-12(2)11-18-15-8-9-16(21-20-15)19-17(22)10-13-4-6-14(23-3)7-5-13/h4-9,12H,10-11H2,1-3H3,(H,18,20)(H,19,21,22). The first kappa shape index (κ1) is 16.7. The van der Waals surface area contributed by atoms with E-state index in [1.807, 2.05) is 24.3 Å². The summed E-state index contributed by atoms with van der Waals surface area (Å²) in [5.41, 5.74) is 0.909. The molecule has 1 aromatic heterocycles. The molecule has 0 fully saturated rings. The first-order valence-electron chi connectivity index (χ1n) is 7.57. The predicted octanol–water partition coefficient (Wildman–Crippen LogP) is 2.73. The number of amides is 1. The van der Waals surface area contributed by atoms with Crippen LogP contribution in [0.5, 0.6) is 5.75 Å². The minimum absolute atomic E-state index is 0.132. The van der Waals surface area contributed by atoms with Gasteiger partial charge in [-0.25, -0.2) is 0 Å². The number of rotatable bonds is 7. The number of anilines is 2. The van der Waals surface area contributed by atoms with Gasteiger partial charge in [-0.2, -0.15) is 0 Å². The summed E-state index contributed by atoms with van der Waals surface area (Å²) in [5.74, 6) is 2.31. The Morgan fingerprint density at radius 3 is 2.30 bits per heavy atom. The molecule has 23 heavy (non-hydrogen) atoms. The van der Waals surface area contributed by atoms with Gasteiger partial charge in [-0.15, -0.1) is 10.2 Å². The van der Waals surface area contributed by atoms with Gasteiger partial charge in [-0.05, 0) is 35.7 Å². The summed E-state index contributed by atoms with van der Waals surface area (Å²) in [5, 5.41) is 14.0. The summed E-state index contributed by atoms with van der Waals surface area (Å²) >= 11 is 0. The second-order valence-corrected chi connectivity index (χ2v) is 5.65. The molecule has 0 aliphatic carbocycles. The summed E-state index contributed by atoms with van der Waals surface area (Å²) in [6, 6.07) is 10.9. The Balaban J connectivity index is 1.86. The molecule has 0 atom stereocenters. The third-order valence-electron chi connectivity index (χ3n) is 3.15. The van der Waals surface area contributed by atoms with Gasteiger partial charge < -0.3 is 15.4 Å². The van der Waals surface area contributed by atoms with Crippen molar-refractivity contribution in [3.8, 4) is 5.75 Å². The quantitative estimate of drug-likeness (QED) is 0.822. The molecular formula is C17H22N4O2. The molecule has 1 heterocycles. The van der Waals surface area contributed by atoms with Crippen LogP contribution in [0.15, 0.2) is 36.4 Å². The van der Waals surface area contributed by atoms with Gasteiger partial charge in [0.1, 0.15) is 11.6 Å². The van der Waals surface area contributed by atoms with E-state index in [9.17, 15) is 4.79 Å². The Hall–Kier alpha value is -2.63. The minimum Gasteiger partial charge on any atom is -0.497 e. The Kier molecular flexibility index (Phi) is 5.91. The van der Waals surface area contributed by atoms with E-state index in [2.05, 4.69) is 34.7 Å². The number of nitrogens with zero attached hydrogens (tertiary/aromatic N) is 2. The average molecular weight is 314 g/mol. The fourth-order valence-electron chi connectivity index (χ4n) is 1.92. The van der Waals surface area contributed by atoms with Crippen LogP contribution in [0.3, 0.4) is 0 Å². The molecule has 0 bridgehead atoms. The lowest BCUT2D eigenvalue weighted by atomic mass is 10.1. The van der Waals surface area contributed by atoms with Crippen LogP contribution in [-0.4, -0.2) is 29.8 Å². The monoisotopic (exact) mass is 314 g/mol. The number of ether oxygens (including phenoxy) is 1. The molecule has 2 aromatic rings. The van der Waals surface area contributed by atoms with Crippen LogP contribution in [0.2, 0.25) is 0 Å². The Labute approximate surface area is 136 Å². The number of aromatic nitrogens is 2. The summed E-state index contributed by atoms with van der Waals surface area (Å²) in [7, 11) is 1.61. The maximum absolute atomic E-state index is 12.0. The number of hydrogen-bond donors (Lipinski definition) is 2. The highest BCUT2D eigenvalue weighted by molar-refractivity contribution is 5.91. The third kappa shape index (κ3) is 5.58. The molecule has 0 saturated carbocycles. The van der Waals surface area contributed by atoms with Crippen LogP contribution in [0, 0.1) is 5.92 Å². The zero-order valence-electron chi connectivity index (χ0n) is 13.7. The number of carbonyl (C=O) groups excluding carboxylic acids is 1. The molecule has 2 N–H and O–H groups in total. The van der Waals surface area contributed by atoms with Crippen molar-refractivity contribution >= 4 is 17.5 Å². The van der Waals surface area contributed by atoms with Crippen molar-refractivity contribution in [3.05, 3.63) is 42.0 Å². The van der Waals surface area contributed by atoms with Crippen molar-refractivity contribution in [3.63, 3.8) is 0 Å². The van der Waals surface area contributed by atoms with Gasteiger partial charge in [0.15, 0.2) is 5.82 Å². The second-order valence-electron chi connectivity index (χ2n) is 5.65. The van der Waals surface area contributed by atoms with Crippen LogP contribution in [-0.2, 0) is 11.2 Å². The van der Waals surface area contributed by atoms with Gasteiger partial charge in [0.05, 0.1) is 13.5 Å². The third-order valence-corrected chi connectivity index (χ3v) is 3.15. The SMILES string of the molecule is COc1ccc(CC(=O)Nc2ccc(NCC(C)C)nn2)cc1. The molecule has 0 radical (unpaired) electrons. The summed E-state index contributed by atoms with van der Waals surface area (Å²) in [6.45, 7) is 5.07. The van der Waals surface area contributed by atoms with E-state index in [4.69, 9.17) is 4.74 Å². The number of nitrogens with one attached hydrogen (secondary N) is 2. The Bertz CT molecular complexity index is 624. The van der Waals surface area contributed by atoms with Crippen molar-refractivity contribution in [2.45, 2.75) is 20.3 Å². The maximum atomic E-state index is 12.0. The highest BCUT2D eigenvalue weighted by Gasteiger charge is 2.06. The van der Waals surface area contributed by atoms with Crippen LogP contribution < -0.4 is 15.4 Å². The smallest absolute Gasteiger partial charge is 0.229 e. The fourth-order valence-corrected chi connectivity index (χ4v) is 1.92. The van der Waals surface area contributed by atoms with E-state index < -0.39 is 0 Å². The van der Waals surface area contributed by atoms with Crippen molar-refractivity contribution < 1.29 is 9.53 Å². The fraction of sp³-hybridized carbons (Fsp3) is 0.353. The summed E-state index contributed by atoms with van der Waals surface area (Å²) in [4.78, 5) is 12.0. The highest BCUT2D eigenvalue weighted by Crippen LogP contribution is 2.12. The van der Waals surface area contributed by atoms with Crippen molar-refractivity contribution in [1.82, 2.24) is 10.2 Å². The molecule has 0 aliphatic rings. The zero-order valence-corrected chi connectivity index (χ0v) is 13.7. The lowest BCUT2D eigenvalue weighted by Gasteiger charge is -2.08. The van der Waals surface area contributed by atoms with E-state index >= 15 is 0 Å². The van der Waals surface area contributed by atoms with Gasteiger partial charge in [0.2, 0.25) is 5.91 Å². The number of hydrogen-bond acceptors (Lipinski definition) is 5. The lowest BCUT2D eigenvalue weighted by molar-refractivity contribution is -0.115. The van der Waals surface area contributed by atoms with Gasteiger partial charge in [0, 0.05) is 6.54 Å². The summed E-state index contributed by atoms with van der Waals surface area (Å²) < 4.78 is 5.09. The molecule has 0 aliphatic heterocycles. The van der Waals surface area contributed by atoms with Crippen LogP contribution in [0.4, 0.5) is 11.6 Å².